The van der Waals surface area contributed by atoms with Gasteiger partial charge in [0.15, 0.2) is 0 Å². The third-order valence-corrected chi connectivity index (χ3v) is 4.36. The van der Waals surface area contributed by atoms with Crippen molar-refractivity contribution in [1.82, 2.24) is 4.72 Å². The monoisotopic (exact) mass is 323 g/mol. The number of nitrogen functional groups attached to an aromatic ring is 1. The Bertz CT molecular complexity index is 643. The van der Waals surface area contributed by atoms with Crippen LogP contribution in [0.1, 0.15) is 0 Å². The van der Waals surface area contributed by atoms with Crippen molar-refractivity contribution in [2.24, 2.45) is 5.14 Å². The molecule has 10 heteroatoms. The number of hydrogen-bond acceptors (Lipinski definition) is 6. The Hall–Kier alpha value is -1.36. The molecule has 1 aromatic rings. The van der Waals surface area contributed by atoms with Gasteiger partial charge in [-0.2, -0.15) is 0 Å². The highest BCUT2D eigenvalue weighted by Crippen LogP contribution is 2.19. The molecule has 0 bridgehead atoms. The maximum Gasteiger partial charge on any atom is 0.214 e. The van der Waals surface area contributed by atoms with Gasteiger partial charge in [0.05, 0.1) is 17.2 Å². The van der Waals surface area contributed by atoms with Crippen LogP contribution in [-0.2, 0) is 20.0 Å². The Balaban J connectivity index is 2.39. The molecular weight excluding hydrogens is 306 g/mol. The Labute approximate surface area is 118 Å². The molecule has 0 saturated carbocycles. The van der Waals surface area contributed by atoms with E-state index in [0.717, 1.165) is 0 Å². The summed E-state index contributed by atoms with van der Waals surface area (Å²) in [7, 11) is -7.31. The lowest BCUT2D eigenvalue weighted by molar-refractivity contribution is 0.342. The van der Waals surface area contributed by atoms with Gasteiger partial charge >= 0.3 is 0 Å². The second-order valence-electron chi connectivity index (χ2n) is 3.97. The van der Waals surface area contributed by atoms with E-state index in [1.807, 2.05) is 0 Å². The number of nitrogens with one attached hydrogen (secondary N) is 1. The fourth-order valence-electron chi connectivity index (χ4n) is 1.28. The third kappa shape index (κ3) is 6.70. The molecule has 0 fully saturated rings. The molecule has 0 heterocycles. The quantitative estimate of drug-likeness (QED) is 0.516. The molecule has 0 amide bonds. The second kappa shape index (κ2) is 6.88. The van der Waals surface area contributed by atoms with Gasteiger partial charge < -0.3 is 10.5 Å². The van der Waals surface area contributed by atoms with Crippen molar-refractivity contribution in [2.45, 2.75) is 0 Å². The van der Waals surface area contributed by atoms with Gasteiger partial charge in [-0.15, -0.1) is 0 Å². The van der Waals surface area contributed by atoms with E-state index < -0.39 is 25.8 Å². The average Bonchev–Trinajstić information content (AvgIpc) is 2.29. The maximum atomic E-state index is 11.5. The van der Waals surface area contributed by atoms with E-state index in [4.69, 9.17) is 15.6 Å². The van der Waals surface area contributed by atoms with Crippen LogP contribution in [0, 0.1) is 0 Å². The number of primary sulfonamides is 1. The van der Waals surface area contributed by atoms with E-state index in [-0.39, 0.29) is 18.9 Å². The van der Waals surface area contributed by atoms with Gasteiger partial charge in [-0.3, -0.25) is 0 Å². The summed E-state index contributed by atoms with van der Waals surface area (Å²) in [6, 6.07) is 6.70. The number of sulfonamides is 2. The molecule has 0 aliphatic heterocycles. The first-order valence-electron chi connectivity index (χ1n) is 5.65. The normalized spacial score (nSPS) is 12.2. The summed E-state index contributed by atoms with van der Waals surface area (Å²) in [4.78, 5) is 0. The molecule has 20 heavy (non-hydrogen) atoms. The molecule has 0 saturated heterocycles. The molecule has 0 atom stereocenters. The highest BCUT2D eigenvalue weighted by atomic mass is 32.2. The van der Waals surface area contributed by atoms with Gasteiger partial charge in [0.1, 0.15) is 12.4 Å². The van der Waals surface area contributed by atoms with Gasteiger partial charge in [0.25, 0.3) is 0 Å². The molecule has 1 aromatic carbocycles. The van der Waals surface area contributed by atoms with Crippen LogP contribution in [-0.4, -0.2) is 41.5 Å². The van der Waals surface area contributed by atoms with Crippen LogP contribution in [0.3, 0.4) is 0 Å². The first-order chi connectivity index (χ1) is 9.20. The van der Waals surface area contributed by atoms with Crippen LogP contribution >= 0.6 is 0 Å². The molecule has 0 aromatic heterocycles. The lowest BCUT2D eigenvalue weighted by atomic mass is 10.3. The highest BCUT2D eigenvalue weighted by Gasteiger charge is 2.12. The van der Waals surface area contributed by atoms with Crippen molar-refractivity contribution in [3.8, 4) is 5.75 Å². The Morgan fingerprint density at radius 3 is 2.35 bits per heavy atom. The van der Waals surface area contributed by atoms with E-state index in [1.165, 1.54) is 0 Å². The maximum absolute atomic E-state index is 11.5. The molecule has 0 unspecified atom stereocenters. The number of hydrogen-bond donors (Lipinski definition) is 3. The Morgan fingerprint density at radius 1 is 1.10 bits per heavy atom. The van der Waals surface area contributed by atoms with Crippen molar-refractivity contribution in [1.29, 1.82) is 0 Å². The third-order valence-electron chi connectivity index (χ3n) is 2.24. The molecular formula is C10H17N3O5S2. The summed E-state index contributed by atoms with van der Waals surface area (Å²) in [6.07, 6.45) is 0. The fourth-order valence-corrected chi connectivity index (χ4v) is 2.66. The molecule has 0 aliphatic rings. The minimum Gasteiger partial charge on any atom is -0.490 e. The Morgan fingerprint density at radius 2 is 1.75 bits per heavy atom. The zero-order valence-electron chi connectivity index (χ0n) is 10.7. The molecule has 0 spiro atoms. The van der Waals surface area contributed by atoms with Gasteiger partial charge in [-0.25, -0.2) is 26.7 Å². The second-order valence-corrected chi connectivity index (χ2v) is 7.63. The topological polar surface area (TPSA) is 142 Å². The number of para-hydroxylation sites is 2. The van der Waals surface area contributed by atoms with Crippen LogP contribution < -0.4 is 20.3 Å². The molecule has 0 aliphatic carbocycles. The number of anilines is 1. The predicted molar refractivity (Wildman–Crippen MR) is 76.1 cm³/mol. The van der Waals surface area contributed by atoms with Gasteiger partial charge in [0.2, 0.25) is 20.0 Å². The number of benzene rings is 1. The molecule has 8 nitrogen and oxygen atoms in total. The largest absolute Gasteiger partial charge is 0.490 e. The highest BCUT2D eigenvalue weighted by molar-refractivity contribution is 7.90. The predicted octanol–water partition coefficient (Wildman–Crippen LogP) is -1.14. The minimum atomic E-state index is -3.69. The molecule has 1 rings (SSSR count). The van der Waals surface area contributed by atoms with Crippen molar-refractivity contribution in [3.63, 3.8) is 0 Å². The SMILES string of the molecule is Nc1ccccc1OCCS(=O)(=O)NCCS(N)(=O)=O. The van der Waals surface area contributed by atoms with E-state index in [2.05, 4.69) is 4.72 Å². The average molecular weight is 323 g/mol. The van der Waals surface area contributed by atoms with Crippen molar-refractivity contribution < 1.29 is 21.6 Å². The van der Waals surface area contributed by atoms with Gasteiger partial charge in [-0.05, 0) is 12.1 Å². The summed E-state index contributed by atoms with van der Waals surface area (Å²) < 4.78 is 51.7. The minimum absolute atomic E-state index is 0.0983. The van der Waals surface area contributed by atoms with E-state index >= 15 is 0 Å². The van der Waals surface area contributed by atoms with Crippen molar-refractivity contribution in [2.75, 3.05) is 30.4 Å². The zero-order valence-corrected chi connectivity index (χ0v) is 12.3. The van der Waals surface area contributed by atoms with E-state index in [0.29, 0.717) is 11.4 Å². The van der Waals surface area contributed by atoms with Crippen LogP contribution in [0.4, 0.5) is 5.69 Å². The summed E-state index contributed by atoms with van der Waals surface area (Å²) in [5.74, 6) is -0.378. The van der Waals surface area contributed by atoms with Gasteiger partial charge in [-0.1, -0.05) is 12.1 Å². The van der Waals surface area contributed by atoms with Crippen molar-refractivity contribution >= 4 is 25.7 Å². The van der Waals surface area contributed by atoms with Gasteiger partial charge in [0, 0.05) is 6.54 Å². The Kier molecular flexibility index (Phi) is 5.74. The van der Waals surface area contributed by atoms with Crippen LogP contribution in [0.2, 0.25) is 0 Å². The summed E-state index contributed by atoms with van der Waals surface area (Å²) in [5.41, 5.74) is 6.04. The van der Waals surface area contributed by atoms with E-state index in [9.17, 15) is 16.8 Å². The fraction of sp³-hybridized carbons (Fsp3) is 0.400. The molecule has 5 N–H and O–H groups in total. The van der Waals surface area contributed by atoms with Crippen LogP contribution in [0.5, 0.6) is 5.75 Å². The van der Waals surface area contributed by atoms with Crippen LogP contribution in [0.15, 0.2) is 24.3 Å². The smallest absolute Gasteiger partial charge is 0.214 e. The lowest BCUT2D eigenvalue weighted by Gasteiger charge is -2.09. The first-order valence-corrected chi connectivity index (χ1v) is 9.01. The zero-order chi connectivity index (χ0) is 15.2. The van der Waals surface area contributed by atoms with E-state index in [1.54, 1.807) is 24.3 Å². The molecule has 0 radical (unpaired) electrons. The summed E-state index contributed by atoms with van der Waals surface area (Å²) in [5, 5.41) is 4.76. The number of ether oxygens (including phenoxy) is 1. The molecule has 114 valence electrons. The number of rotatable bonds is 8. The van der Waals surface area contributed by atoms with Crippen LogP contribution in [0.25, 0.3) is 0 Å². The lowest BCUT2D eigenvalue weighted by Crippen LogP contribution is -2.34. The number of nitrogens with two attached hydrogens (primary N) is 2. The summed E-state index contributed by atoms with van der Waals surface area (Å²) in [6.45, 7) is -0.367. The summed E-state index contributed by atoms with van der Waals surface area (Å²) >= 11 is 0. The first kappa shape index (κ1) is 16.7. The van der Waals surface area contributed by atoms with Crippen molar-refractivity contribution in [3.05, 3.63) is 24.3 Å². The standard InChI is InChI=1S/C10H17N3O5S2/c11-9-3-1-2-4-10(9)18-6-8-20(16,17)13-5-7-19(12,14)15/h1-4,13H,5-8,11H2,(H2,12,14,15).